The molecule has 9 heteroatoms. The number of rotatable bonds is 6. The first-order chi connectivity index (χ1) is 14.0. The molecule has 0 spiro atoms. The molecule has 0 unspecified atom stereocenters. The summed E-state index contributed by atoms with van der Waals surface area (Å²) in [7, 11) is 0. The van der Waals surface area contributed by atoms with Crippen LogP contribution in [-0.4, -0.2) is 61.9 Å². The van der Waals surface area contributed by atoms with E-state index in [4.69, 9.17) is 0 Å². The van der Waals surface area contributed by atoms with Crippen molar-refractivity contribution in [3.63, 3.8) is 0 Å². The van der Waals surface area contributed by atoms with Crippen molar-refractivity contribution in [3.05, 3.63) is 33.7 Å². The van der Waals surface area contributed by atoms with Crippen LogP contribution in [0, 0.1) is 0 Å². The second kappa shape index (κ2) is 8.25. The monoisotopic (exact) mass is 417 g/mol. The fraction of sp³-hybridized carbons (Fsp3) is 0.550. The number of aliphatic hydroxyl groups excluding tert-OH is 1. The maximum Gasteiger partial charge on any atom is 0.291 e. The van der Waals surface area contributed by atoms with Gasteiger partial charge in [0.25, 0.3) is 5.56 Å². The van der Waals surface area contributed by atoms with Gasteiger partial charge in [-0.05, 0) is 43.8 Å². The van der Waals surface area contributed by atoms with Gasteiger partial charge in [0.05, 0.1) is 6.10 Å². The quantitative estimate of drug-likeness (QED) is 0.630. The van der Waals surface area contributed by atoms with Crippen molar-refractivity contribution in [1.29, 1.82) is 0 Å². The normalized spacial score (nSPS) is 19.1. The number of hydrogen-bond donors (Lipinski definition) is 2. The van der Waals surface area contributed by atoms with Gasteiger partial charge in [0, 0.05) is 30.9 Å². The summed E-state index contributed by atoms with van der Waals surface area (Å²) in [6.07, 6.45) is 2.15. The third kappa shape index (κ3) is 4.08. The fourth-order valence-corrected chi connectivity index (χ4v) is 5.07. The number of amides is 1. The fourth-order valence-electron chi connectivity index (χ4n) is 4.16. The van der Waals surface area contributed by atoms with Crippen LogP contribution in [0.2, 0.25) is 0 Å². The van der Waals surface area contributed by atoms with Crippen LogP contribution in [0.1, 0.15) is 32.5 Å². The maximum atomic E-state index is 12.9. The highest BCUT2D eigenvalue weighted by molar-refractivity contribution is 7.16. The Bertz CT molecular complexity index is 1080. The van der Waals surface area contributed by atoms with Crippen LogP contribution in [0.5, 0.6) is 0 Å². The molecule has 4 heterocycles. The Balaban J connectivity index is 1.52. The van der Waals surface area contributed by atoms with E-state index in [1.54, 1.807) is 18.3 Å². The number of aliphatic hydroxyl groups is 1. The van der Waals surface area contributed by atoms with Gasteiger partial charge in [-0.3, -0.25) is 18.9 Å². The van der Waals surface area contributed by atoms with Crippen LogP contribution in [0.3, 0.4) is 0 Å². The number of hydrogen-bond acceptors (Lipinski definition) is 6. The molecule has 1 aliphatic rings. The summed E-state index contributed by atoms with van der Waals surface area (Å²) in [5.74, 6) is 0.564. The Morgan fingerprint density at radius 1 is 1.48 bits per heavy atom. The summed E-state index contributed by atoms with van der Waals surface area (Å²) in [4.78, 5) is 28.7. The number of likely N-dealkylation sites (tertiary alicyclic amines) is 1. The van der Waals surface area contributed by atoms with Gasteiger partial charge >= 0.3 is 0 Å². The Morgan fingerprint density at radius 3 is 3.07 bits per heavy atom. The van der Waals surface area contributed by atoms with Crippen LogP contribution < -0.4 is 10.9 Å². The zero-order valence-corrected chi connectivity index (χ0v) is 17.6. The number of nitrogens with one attached hydrogen (secondary N) is 1. The molecule has 0 aromatic carbocycles. The molecule has 0 bridgehead atoms. The summed E-state index contributed by atoms with van der Waals surface area (Å²) >= 11 is 1.58. The summed E-state index contributed by atoms with van der Waals surface area (Å²) in [6.45, 7) is 5.93. The highest BCUT2D eigenvalue weighted by Gasteiger charge is 2.23. The number of β-amino-alcohol motifs (C(OH)–C–C–N with tert-alkyl or cyclic N) is 1. The van der Waals surface area contributed by atoms with E-state index in [0.717, 1.165) is 35.4 Å². The van der Waals surface area contributed by atoms with Crippen molar-refractivity contribution in [3.8, 4) is 0 Å². The van der Waals surface area contributed by atoms with E-state index in [-0.39, 0.29) is 30.2 Å². The predicted octanol–water partition coefficient (Wildman–Crippen LogP) is 1.23. The Labute approximate surface area is 172 Å². The van der Waals surface area contributed by atoms with Gasteiger partial charge in [0.2, 0.25) is 5.91 Å². The average molecular weight is 418 g/mol. The summed E-state index contributed by atoms with van der Waals surface area (Å²) in [6, 6.07) is 3.89. The van der Waals surface area contributed by atoms with Gasteiger partial charge in [-0.2, -0.15) is 5.10 Å². The van der Waals surface area contributed by atoms with Gasteiger partial charge in [0.1, 0.15) is 22.7 Å². The van der Waals surface area contributed by atoms with Gasteiger partial charge in [-0.15, -0.1) is 11.3 Å². The lowest BCUT2D eigenvalue weighted by atomic mass is 10.1. The van der Waals surface area contributed by atoms with Crippen LogP contribution in [-0.2, 0) is 17.8 Å². The first-order valence-electron chi connectivity index (χ1n) is 10.1. The van der Waals surface area contributed by atoms with E-state index in [0.29, 0.717) is 25.0 Å². The number of nitrogens with zero attached hydrogens (tertiary/aromatic N) is 4. The number of carbonyl (C=O) groups excluding carboxylic acids is 1. The van der Waals surface area contributed by atoms with E-state index in [2.05, 4.69) is 15.3 Å². The zero-order valence-electron chi connectivity index (χ0n) is 16.8. The van der Waals surface area contributed by atoms with Gasteiger partial charge < -0.3 is 10.4 Å². The third-order valence-corrected chi connectivity index (χ3v) is 6.27. The molecule has 2 N–H and O–H groups in total. The van der Waals surface area contributed by atoms with E-state index in [9.17, 15) is 14.7 Å². The van der Waals surface area contributed by atoms with Crippen molar-refractivity contribution in [1.82, 2.24) is 24.4 Å². The van der Waals surface area contributed by atoms with Crippen LogP contribution >= 0.6 is 11.3 Å². The van der Waals surface area contributed by atoms with Gasteiger partial charge in [-0.1, -0.05) is 6.92 Å². The molecule has 1 saturated heterocycles. The molecule has 8 nitrogen and oxygen atoms in total. The molecule has 0 aliphatic carbocycles. The molecule has 1 fully saturated rings. The van der Waals surface area contributed by atoms with Gasteiger partial charge in [0.15, 0.2) is 0 Å². The minimum atomic E-state index is -0.386. The Kier molecular flexibility index (Phi) is 5.71. The first-order valence-corrected chi connectivity index (χ1v) is 11.0. The molecule has 1 aliphatic heterocycles. The number of thiophene rings is 1. The van der Waals surface area contributed by atoms with Crippen molar-refractivity contribution in [2.75, 3.05) is 19.6 Å². The minimum absolute atomic E-state index is 0.0266. The van der Waals surface area contributed by atoms with E-state index in [1.165, 1.54) is 4.68 Å². The first kappa shape index (κ1) is 20.1. The highest BCUT2D eigenvalue weighted by atomic mass is 32.1. The predicted molar refractivity (Wildman–Crippen MR) is 113 cm³/mol. The molecule has 29 heavy (non-hydrogen) atoms. The van der Waals surface area contributed by atoms with E-state index >= 15 is 0 Å². The zero-order chi connectivity index (χ0) is 20.5. The summed E-state index contributed by atoms with van der Waals surface area (Å²) in [5.41, 5.74) is 0.312. The Morgan fingerprint density at radius 2 is 2.31 bits per heavy atom. The number of aryl methyl sites for hydroxylation is 1. The number of piperidine rings is 1. The van der Waals surface area contributed by atoms with Crippen LogP contribution in [0.15, 0.2) is 22.3 Å². The summed E-state index contributed by atoms with van der Waals surface area (Å²) < 4.78 is 3.19. The molecule has 0 radical (unpaired) electrons. The molecule has 3 aromatic rings. The third-order valence-electron chi connectivity index (χ3n) is 5.36. The highest BCUT2D eigenvalue weighted by Crippen LogP contribution is 2.24. The SMILES string of the molecule is CCc1nn(CC(=O)N[C@@H]2CCCN(C[C@H](C)O)C2)c(=O)c2cc3ccsc3n12. The number of aromatic nitrogens is 3. The lowest BCUT2D eigenvalue weighted by molar-refractivity contribution is -0.123. The van der Waals surface area contributed by atoms with Crippen molar-refractivity contribution < 1.29 is 9.90 Å². The minimum Gasteiger partial charge on any atom is -0.392 e. The molecule has 0 saturated carbocycles. The smallest absolute Gasteiger partial charge is 0.291 e. The van der Waals surface area contributed by atoms with Crippen LogP contribution in [0.4, 0.5) is 0 Å². The number of carbonyl (C=O) groups is 1. The lowest BCUT2D eigenvalue weighted by Crippen LogP contribution is -2.50. The largest absolute Gasteiger partial charge is 0.392 e. The second-order valence-corrected chi connectivity index (χ2v) is 8.69. The van der Waals surface area contributed by atoms with Gasteiger partial charge in [-0.25, -0.2) is 4.68 Å². The standard InChI is InChI=1S/C20H27N5O3S/c1-3-17-22-24(19(28)16-9-14-6-8-29-20(14)25(16)17)12-18(27)21-15-5-4-7-23(11-15)10-13(2)26/h6,8-9,13,15,26H,3-5,7,10-12H2,1-2H3,(H,21,27)/t13-,15+/m0/s1. The molecular weight excluding hydrogens is 390 g/mol. The molecule has 2 atom stereocenters. The van der Waals surface area contributed by atoms with E-state index in [1.807, 2.05) is 28.8 Å². The second-order valence-electron chi connectivity index (χ2n) is 7.79. The molecule has 3 aromatic heterocycles. The topological polar surface area (TPSA) is 91.9 Å². The molecular formula is C20H27N5O3S. The molecule has 1 amide bonds. The maximum absolute atomic E-state index is 12.9. The average Bonchev–Trinajstić information content (AvgIpc) is 3.25. The van der Waals surface area contributed by atoms with Crippen molar-refractivity contribution in [2.45, 2.75) is 51.8 Å². The van der Waals surface area contributed by atoms with E-state index < -0.39 is 0 Å². The summed E-state index contributed by atoms with van der Waals surface area (Å²) in [5, 5.41) is 20.1. The van der Waals surface area contributed by atoms with Crippen molar-refractivity contribution in [2.24, 2.45) is 0 Å². The molecule has 156 valence electrons. The van der Waals surface area contributed by atoms with Crippen molar-refractivity contribution >= 4 is 33.0 Å². The number of fused-ring (bicyclic) bond motifs is 3. The molecule has 4 rings (SSSR count). The lowest BCUT2D eigenvalue weighted by Gasteiger charge is -2.33. The Hall–Kier alpha value is -2.23. The van der Waals surface area contributed by atoms with Crippen LogP contribution in [0.25, 0.3) is 15.7 Å².